The van der Waals surface area contributed by atoms with Crippen LogP contribution in [0.5, 0.6) is 0 Å². The van der Waals surface area contributed by atoms with Crippen LogP contribution in [0.15, 0.2) is 18.2 Å². The Hall–Kier alpha value is -1.70. The van der Waals surface area contributed by atoms with E-state index in [0.29, 0.717) is 0 Å². The molecule has 18 heavy (non-hydrogen) atoms. The van der Waals surface area contributed by atoms with Crippen LogP contribution in [-0.4, -0.2) is 17.6 Å². The predicted octanol–water partition coefficient (Wildman–Crippen LogP) is 2.78. The number of hydrogen-bond acceptors (Lipinski definition) is 3. The van der Waals surface area contributed by atoms with E-state index in [4.69, 9.17) is 0 Å². The average Bonchev–Trinajstić information content (AvgIpc) is 2.22. The number of nitro groups is 1. The first-order valence-corrected chi connectivity index (χ1v) is 4.99. The maximum atomic E-state index is 13.0. The molecule has 1 aromatic carbocycles. The maximum Gasteiger partial charge on any atom is 0.390 e. The SMILES string of the molecule is O=[N+]([O-])c1cc(F)cc(CNCCC(F)(F)F)c1. The van der Waals surface area contributed by atoms with Crippen LogP contribution in [0.1, 0.15) is 12.0 Å². The molecule has 0 unspecified atom stereocenters. The zero-order valence-corrected chi connectivity index (χ0v) is 9.13. The highest BCUT2D eigenvalue weighted by Crippen LogP contribution is 2.19. The fourth-order valence-corrected chi connectivity index (χ4v) is 1.30. The third-order valence-electron chi connectivity index (χ3n) is 2.07. The molecule has 4 nitrogen and oxygen atoms in total. The molecule has 0 bridgehead atoms. The van der Waals surface area contributed by atoms with Crippen molar-refractivity contribution in [3.8, 4) is 0 Å². The van der Waals surface area contributed by atoms with Crippen molar-refractivity contribution in [3.05, 3.63) is 39.7 Å². The summed E-state index contributed by atoms with van der Waals surface area (Å²) in [5.74, 6) is -0.795. The van der Waals surface area contributed by atoms with Crippen molar-refractivity contribution in [2.45, 2.75) is 19.1 Å². The number of non-ortho nitro benzene ring substituents is 1. The normalized spacial score (nSPS) is 11.6. The Bertz CT molecular complexity index is 434. The van der Waals surface area contributed by atoms with Gasteiger partial charge in [-0.2, -0.15) is 13.2 Å². The summed E-state index contributed by atoms with van der Waals surface area (Å²) in [6.45, 7) is -0.386. The van der Waals surface area contributed by atoms with Crippen LogP contribution in [0, 0.1) is 15.9 Å². The minimum Gasteiger partial charge on any atom is -0.312 e. The van der Waals surface area contributed by atoms with Crippen molar-refractivity contribution >= 4 is 5.69 Å². The third-order valence-corrected chi connectivity index (χ3v) is 2.07. The smallest absolute Gasteiger partial charge is 0.312 e. The molecule has 0 radical (unpaired) electrons. The van der Waals surface area contributed by atoms with Crippen LogP contribution in [-0.2, 0) is 6.54 Å². The maximum absolute atomic E-state index is 13.0. The van der Waals surface area contributed by atoms with E-state index in [1.54, 1.807) is 0 Å². The van der Waals surface area contributed by atoms with Gasteiger partial charge in [-0.15, -0.1) is 0 Å². The summed E-state index contributed by atoms with van der Waals surface area (Å²) in [6, 6.07) is 2.90. The second-order valence-electron chi connectivity index (χ2n) is 3.62. The summed E-state index contributed by atoms with van der Waals surface area (Å²) in [5, 5.41) is 12.9. The lowest BCUT2D eigenvalue weighted by Crippen LogP contribution is -2.21. The van der Waals surface area contributed by atoms with Gasteiger partial charge >= 0.3 is 6.18 Å². The molecule has 0 aliphatic heterocycles. The molecule has 1 aromatic rings. The largest absolute Gasteiger partial charge is 0.390 e. The van der Waals surface area contributed by atoms with Gasteiger partial charge in [0.15, 0.2) is 0 Å². The molecular weight excluding hydrogens is 256 g/mol. The Balaban J connectivity index is 2.55. The Morgan fingerprint density at radius 1 is 1.28 bits per heavy atom. The highest BCUT2D eigenvalue weighted by atomic mass is 19.4. The van der Waals surface area contributed by atoms with E-state index in [-0.39, 0.29) is 18.7 Å². The summed E-state index contributed by atoms with van der Waals surface area (Å²) in [6.07, 6.45) is -5.27. The number of rotatable bonds is 5. The summed E-state index contributed by atoms with van der Waals surface area (Å²) in [4.78, 5) is 9.67. The minimum atomic E-state index is -4.26. The number of nitro benzene ring substituents is 1. The quantitative estimate of drug-likeness (QED) is 0.386. The molecule has 0 fully saturated rings. The van der Waals surface area contributed by atoms with Gasteiger partial charge in [0, 0.05) is 19.2 Å². The van der Waals surface area contributed by atoms with Crippen LogP contribution in [0.25, 0.3) is 0 Å². The van der Waals surface area contributed by atoms with Gasteiger partial charge in [-0.25, -0.2) is 4.39 Å². The number of nitrogens with zero attached hydrogens (tertiary/aromatic N) is 1. The van der Waals surface area contributed by atoms with E-state index in [9.17, 15) is 27.7 Å². The molecule has 8 heteroatoms. The molecule has 0 aromatic heterocycles. The number of halogens is 4. The van der Waals surface area contributed by atoms with Crippen molar-refractivity contribution in [1.82, 2.24) is 5.32 Å². The third kappa shape index (κ3) is 5.09. The first kappa shape index (κ1) is 14.4. The molecule has 0 amide bonds. The van der Waals surface area contributed by atoms with Gasteiger partial charge < -0.3 is 5.32 Å². The number of nitrogens with one attached hydrogen (secondary N) is 1. The molecular formula is C10H10F4N2O2. The van der Waals surface area contributed by atoms with Gasteiger partial charge in [0.05, 0.1) is 17.4 Å². The van der Waals surface area contributed by atoms with Crippen molar-refractivity contribution in [1.29, 1.82) is 0 Å². The molecule has 0 spiro atoms. The molecule has 0 saturated heterocycles. The summed E-state index contributed by atoms with van der Waals surface area (Å²) < 4.78 is 48.5. The highest BCUT2D eigenvalue weighted by Gasteiger charge is 2.25. The zero-order chi connectivity index (χ0) is 13.8. The second-order valence-corrected chi connectivity index (χ2v) is 3.62. The van der Waals surface area contributed by atoms with Crippen LogP contribution >= 0.6 is 0 Å². The highest BCUT2D eigenvalue weighted by molar-refractivity contribution is 5.35. The Labute approximate surface area is 99.8 Å². The van der Waals surface area contributed by atoms with Crippen LogP contribution in [0.4, 0.5) is 23.2 Å². The van der Waals surface area contributed by atoms with E-state index in [1.807, 2.05) is 0 Å². The van der Waals surface area contributed by atoms with Gasteiger partial charge in [-0.3, -0.25) is 10.1 Å². The van der Waals surface area contributed by atoms with Gasteiger partial charge in [-0.05, 0) is 11.6 Å². The van der Waals surface area contributed by atoms with Crippen molar-refractivity contribution in [2.75, 3.05) is 6.54 Å². The van der Waals surface area contributed by atoms with Crippen molar-refractivity contribution in [2.24, 2.45) is 0 Å². The summed E-state index contributed by atoms with van der Waals surface area (Å²) in [5.41, 5.74) is -0.202. The number of hydrogen-bond donors (Lipinski definition) is 1. The molecule has 1 rings (SSSR count). The summed E-state index contributed by atoms with van der Waals surface area (Å²) >= 11 is 0. The van der Waals surface area contributed by atoms with Gasteiger partial charge in [0.1, 0.15) is 5.82 Å². The minimum absolute atomic E-state index is 0.0608. The Kier molecular flexibility index (Phi) is 4.60. The second kappa shape index (κ2) is 5.76. The standard InChI is InChI=1S/C10H10F4N2O2/c11-8-3-7(4-9(5-8)16(17)18)6-15-2-1-10(12,13)14/h3-5,15H,1-2,6H2. The van der Waals surface area contributed by atoms with Crippen LogP contribution in [0.3, 0.4) is 0 Å². The lowest BCUT2D eigenvalue weighted by molar-refractivity contribution is -0.385. The van der Waals surface area contributed by atoms with Gasteiger partial charge in [-0.1, -0.05) is 0 Å². The molecule has 0 aliphatic rings. The number of benzene rings is 1. The molecule has 0 saturated carbocycles. The molecule has 0 heterocycles. The fraction of sp³-hybridized carbons (Fsp3) is 0.400. The van der Waals surface area contributed by atoms with E-state index >= 15 is 0 Å². The Morgan fingerprint density at radius 2 is 1.94 bits per heavy atom. The lowest BCUT2D eigenvalue weighted by atomic mass is 10.2. The first-order chi connectivity index (χ1) is 8.28. The molecule has 0 atom stereocenters. The number of alkyl halides is 3. The van der Waals surface area contributed by atoms with Crippen molar-refractivity contribution < 1.29 is 22.5 Å². The monoisotopic (exact) mass is 266 g/mol. The van der Waals surface area contributed by atoms with E-state index in [0.717, 1.165) is 18.2 Å². The molecule has 0 aliphatic carbocycles. The van der Waals surface area contributed by atoms with Crippen molar-refractivity contribution in [3.63, 3.8) is 0 Å². The molecule has 1 N–H and O–H groups in total. The zero-order valence-electron chi connectivity index (χ0n) is 9.13. The summed E-state index contributed by atoms with van der Waals surface area (Å²) in [7, 11) is 0. The van der Waals surface area contributed by atoms with Crippen LogP contribution < -0.4 is 5.32 Å². The first-order valence-electron chi connectivity index (χ1n) is 4.99. The van der Waals surface area contributed by atoms with Crippen LogP contribution in [0.2, 0.25) is 0 Å². The lowest BCUT2D eigenvalue weighted by Gasteiger charge is -2.07. The topological polar surface area (TPSA) is 55.2 Å². The molecule has 100 valence electrons. The van der Waals surface area contributed by atoms with E-state index in [1.165, 1.54) is 0 Å². The van der Waals surface area contributed by atoms with Gasteiger partial charge in [0.2, 0.25) is 0 Å². The van der Waals surface area contributed by atoms with E-state index in [2.05, 4.69) is 5.32 Å². The Morgan fingerprint density at radius 3 is 2.50 bits per heavy atom. The van der Waals surface area contributed by atoms with E-state index < -0.39 is 29.0 Å². The fourth-order valence-electron chi connectivity index (χ4n) is 1.30. The average molecular weight is 266 g/mol. The van der Waals surface area contributed by atoms with Gasteiger partial charge in [0.25, 0.3) is 5.69 Å². The predicted molar refractivity (Wildman–Crippen MR) is 55.4 cm³/mol.